The van der Waals surface area contributed by atoms with E-state index < -0.39 is 35.6 Å². The summed E-state index contributed by atoms with van der Waals surface area (Å²) >= 11 is 0. The summed E-state index contributed by atoms with van der Waals surface area (Å²) in [6, 6.07) is 5.62. The van der Waals surface area contributed by atoms with Gasteiger partial charge in [0.05, 0.1) is 11.0 Å². The third-order valence-corrected chi connectivity index (χ3v) is 3.11. The summed E-state index contributed by atoms with van der Waals surface area (Å²) in [6.07, 6.45) is -6.30. The summed E-state index contributed by atoms with van der Waals surface area (Å²) in [4.78, 5) is 10.2. The average molecular weight is 285 g/mol. The van der Waals surface area contributed by atoms with Gasteiger partial charge in [0.1, 0.15) is 18.3 Å². The van der Waals surface area contributed by atoms with E-state index in [1.807, 2.05) is 0 Å². The van der Waals surface area contributed by atoms with Crippen molar-refractivity contribution in [2.45, 2.75) is 37.6 Å². The molecule has 20 heavy (non-hydrogen) atoms. The fourth-order valence-electron chi connectivity index (χ4n) is 1.94. The van der Waals surface area contributed by atoms with Crippen molar-refractivity contribution in [2.24, 2.45) is 0 Å². The van der Waals surface area contributed by atoms with Gasteiger partial charge in [-0.15, -0.1) is 0 Å². The van der Waals surface area contributed by atoms with E-state index >= 15 is 0 Å². The van der Waals surface area contributed by atoms with Crippen molar-refractivity contribution in [3.8, 4) is 5.75 Å². The van der Waals surface area contributed by atoms with Crippen molar-refractivity contribution >= 4 is 5.69 Å². The van der Waals surface area contributed by atoms with Gasteiger partial charge in [-0.25, -0.2) is 0 Å². The molecule has 1 aliphatic heterocycles. The Labute approximate surface area is 114 Å². The number of ether oxygens (including phenoxy) is 2. The molecule has 3 N–H and O–H groups in total. The minimum Gasteiger partial charge on any atom is -0.455 e. The zero-order chi connectivity index (χ0) is 14.9. The van der Waals surface area contributed by atoms with E-state index in [2.05, 4.69) is 0 Å². The second kappa shape index (κ2) is 5.71. The summed E-state index contributed by atoms with van der Waals surface area (Å²) in [5.41, 5.74) is -0.281. The molecule has 0 aliphatic carbocycles. The molecule has 2 rings (SSSR count). The van der Waals surface area contributed by atoms with Crippen molar-refractivity contribution in [1.29, 1.82) is 0 Å². The van der Waals surface area contributed by atoms with Crippen molar-refractivity contribution in [3.63, 3.8) is 0 Å². The number of aliphatic hydroxyl groups excluding tert-OH is 3. The summed E-state index contributed by atoms with van der Waals surface area (Å²) < 4.78 is 10.5. The first-order valence-electron chi connectivity index (χ1n) is 6.01. The number of hydrogen-bond acceptors (Lipinski definition) is 7. The first-order valence-corrected chi connectivity index (χ1v) is 6.01. The molecule has 1 heterocycles. The van der Waals surface area contributed by atoms with Gasteiger partial charge >= 0.3 is 5.69 Å². The first kappa shape index (κ1) is 14.7. The number of nitrogens with zero attached hydrogens (tertiary/aromatic N) is 1. The number of benzene rings is 1. The third kappa shape index (κ3) is 2.73. The molecule has 1 aromatic carbocycles. The molecule has 0 amide bonds. The molecule has 0 bridgehead atoms. The van der Waals surface area contributed by atoms with Crippen LogP contribution in [0.5, 0.6) is 5.75 Å². The Morgan fingerprint density at radius 1 is 1.20 bits per heavy atom. The van der Waals surface area contributed by atoms with Crippen LogP contribution in [0.3, 0.4) is 0 Å². The number of nitro benzene ring substituents is 1. The molecule has 8 heteroatoms. The lowest BCUT2D eigenvalue weighted by atomic mass is 10.00. The molecule has 1 aromatic rings. The monoisotopic (exact) mass is 285 g/mol. The Balaban J connectivity index is 2.20. The van der Waals surface area contributed by atoms with Crippen molar-refractivity contribution in [3.05, 3.63) is 34.4 Å². The molecule has 0 saturated carbocycles. The van der Waals surface area contributed by atoms with Crippen LogP contribution in [0.1, 0.15) is 6.92 Å². The lowest BCUT2D eigenvalue weighted by Gasteiger charge is -2.38. The van der Waals surface area contributed by atoms with Crippen LogP contribution in [0.25, 0.3) is 0 Å². The van der Waals surface area contributed by atoms with Crippen LogP contribution in [-0.4, -0.2) is 50.9 Å². The fraction of sp³-hybridized carbons (Fsp3) is 0.500. The highest BCUT2D eigenvalue weighted by atomic mass is 16.7. The van der Waals surface area contributed by atoms with E-state index in [4.69, 9.17) is 9.47 Å². The molecule has 110 valence electrons. The highest BCUT2D eigenvalue weighted by Crippen LogP contribution is 2.30. The lowest BCUT2D eigenvalue weighted by Crippen LogP contribution is -2.58. The Hall–Kier alpha value is -1.74. The molecule has 1 saturated heterocycles. The van der Waals surface area contributed by atoms with Crippen LogP contribution in [0.4, 0.5) is 5.69 Å². The molecule has 0 radical (unpaired) electrons. The quantitative estimate of drug-likeness (QED) is 0.519. The van der Waals surface area contributed by atoms with Gasteiger partial charge in [-0.3, -0.25) is 10.1 Å². The number of nitro groups is 1. The van der Waals surface area contributed by atoms with E-state index in [0.29, 0.717) is 0 Å². The van der Waals surface area contributed by atoms with Crippen LogP contribution in [0, 0.1) is 10.1 Å². The van der Waals surface area contributed by atoms with E-state index in [9.17, 15) is 25.4 Å². The Kier molecular flexibility index (Phi) is 4.19. The van der Waals surface area contributed by atoms with Crippen molar-refractivity contribution in [2.75, 3.05) is 0 Å². The van der Waals surface area contributed by atoms with Gasteiger partial charge < -0.3 is 24.8 Å². The highest BCUT2D eigenvalue weighted by molar-refractivity contribution is 5.45. The topological polar surface area (TPSA) is 122 Å². The Morgan fingerprint density at radius 2 is 1.85 bits per heavy atom. The summed E-state index contributed by atoms with van der Waals surface area (Å²) in [5.74, 6) is -0.0858. The normalized spacial score (nSPS) is 33.7. The maximum absolute atomic E-state index is 10.9. The van der Waals surface area contributed by atoms with Crippen molar-refractivity contribution < 1.29 is 29.7 Å². The van der Waals surface area contributed by atoms with Crippen LogP contribution in [0.2, 0.25) is 0 Å². The van der Waals surface area contributed by atoms with E-state index in [1.54, 1.807) is 0 Å². The third-order valence-electron chi connectivity index (χ3n) is 3.11. The minimum atomic E-state index is -1.51. The molecule has 1 fully saturated rings. The predicted octanol–water partition coefficient (Wildman–Crippen LogP) is -0.199. The van der Waals surface area contributed by atoms with Gasteiger partial charge in [-0.1, -0.05) is 12.1 Å². The SMILES string of the molecule is C[C@@H]1O[C@H](Oc2ccccc2[N+](=O)[O-])[C@H](O)[C@H](O)[C@@H]1O. The molecule has 0 spiro atoms. The molecule has 0 aromatic heterocycles. The van der Waals surface area contributed by atoms with Gasteiger partial charge in [0, 0.05) is 6.07 Å². The smallest absolute Gasteiger partial charge is 0.311 e. The lowest BCUT2D eigenvalue weighted by molar-refractivity contribution is -0.387. The highest BCUT2D eigenvalue weighted by Gasteiger charge is 2.43. The Bertz CT molecular complexity index is 494. The van der Waals surface area contributed by atoms with Crippen LogP contribution < -0.4 is 4.74 Å². The van der Waals surface area contributed by atoms with E-state index in [1.165, 1.54) is 31.2 Å². The largest absolute Gasteiger partial charge is 0.455 e. The maximum Gasteiger partial charge on any atom is 0.311 e. The number of aliphatic hydroxyl groups is 3. The van der Waals surface area contributed by atoms with Gasteiger partial charge in [0.25, 0.3) is 0 Å². The molecule has 5 atom stereocenters. The van der Waals surface area contributed by atoms with E-state index in [-0.39, 0.29) is 11.4 Å². The summed E-state index contributed by atoms with van der Waals surface area (Å²) in [7, 11) is 0. The molecule has 0 unspecified atom stereocenters. The molecular weight excluding hydrogens is 270 g/mol. The van der Waals surface area contributed by atoms with Gasteiger partial charge in [0.15, 0.2) is 5.75 Å². The van der Waals surface area contributed by atoms with Gasteiger partial charge in [0.2, 0.25) is 6.29 Å². The number of hydrogen-bond donors (Lipinski definition) is 3. The summed E-state index contributed by atoms with van der Waals surface area (Å²) in [6.45, 7) is 1.50. The van der Waals surface area contributed by atoms with Crippen LogP contribution >= 0.6 is 0 Å². The first-order chi connectivity index (χ1) is 9.41. The number of rotatable bonds is 3. The van der Waals surface area contributed by atoms with Crippen LogP contribution in [-0.2, 0) is 4.74 Å². The molecule has 1 aliphatic rings. The fourth-order valence-corrected chi connectivity index (χ4v) is 1.94. The van der Waals surface area contributed by atoms with Gasteiger partial charge in [-0.2, -0.15) is 0 Å². The average Bonchev–Trinajstić information content (AvgIpc) is 2.43. The molecular formula is C12H15NO7. The standard InChI is InChI=1S/C12H15NO7/c1-6-9(14)10(15)11(16)12(19-6)20-8-5-3-2-4-7(8)13(17)18/h2-6,9-12,14-16H,1H3/t6-,9+,10+,11+,12+/m0/s1. The molecule has 8 nitrogen and oxygen atoms in total. The predicted molar refractivity (Wildman–Crippen MR) is 66.1 cm³/mol. The summed E-state index contributed by atoms with van der Waals surface area (Å²) in [5, 5.41) is 39.8. The van der Waals surface area contributed by atoms with Crippen molar-refractivity contribution in [1.82, 2.24) is 0 Å². The second-order valence-corrected chi connectivity index (χ2v) is 4.52. The minimum absolute atomic E-state index is 0.0858. The van der Waals surface area contributed by atoms with Crippen LogP contribution in [0.15, 0.2) is 24.3 Å². The zero-order valence-corrected chi connectivity index (χ0v) is 10.6. The number of para-hydroxylation sites is 2. The second-order valence-electron chi connectivity index (χ2n) is 4.52. The van der Waals surface area contributed by atoms with E-state index in [0.717, 1.165) is 0 Å². The van der Waals surface area contributed by atoms with Gasteiger partial charge in [-0.05, 0) is 13.0 Å². The zero-order valence-electron chi connectivity index (χ0n) is 10.6. The Morgan fingerprint density at radius 3 is 2.50 bits per heavy atom. The maximum atomic E-state index is 10.9.